The normalized spacial score (nSPS) is 59.7. The Morgan fingerprint density at radius 3 is 2.54 bits per heavy atom. The van der Waals surface area contributed by atoms with Crippen molar-refractivity contribution in [1.29, 1.82) is 0 Å². The van der Waals surface area contributed by atoms with Crippen LogP contribution in [0.4, 0.5) is 0 Å². The molecule has 10 atom stereocenters. The van der Waals surface area contributed by atoms with Crippen LogP contribution in [-0.4, -0.2) is 69.3 Å². The number of esters is 1. The Balaban J connectivity index is 1.87. The molecule has 2 saturated carbocycles. The summed E-state index contributed by atoms with van der Waals surface area (Å²) in [5.41, 5.74) is -4.67. The monoisotopic (exact) mass is 394 g/mol. The summed E-state index contributed by atoms with van der Waals surface area (Å²) in [6.45, 7) is 4.97. The highest BCUT2D eigenvalue weighted by Crippen LogP contribution is 2.71. The molecule has 5 fully saturated rings. The molecule has 0 unspecified atom stereocenters. The molecule has 2 spiro atoms. The van der Waals surface area contributed by atoms with E-state index < -0.39 is 64.6 Å². The van der Waals surface area contributed by atoms with Crippen LogP contribution < -0.4 is 0 Å². The number of fused-ring (bicyclic) bond motifs is 1. The van der Waals surface area contributed by atoms with Crippen LogP contribution in [0.5, 0.6) is 0 Å². The first-order chi connectivity index (χ1) is 13.0. The zero-order chi connectivity index (χ0) is 20.4. The van der Waals surface area contributed by atoms with Crippen molar-refractivity contribution in [2.45, 2.75) is 68.7 Å². The van der Waals surface area contributed by atoms with Crippen molar-refractivity contribution in [2.24, 2.45) is 23.7 Å². The van der Waals surface area contributed by atoms with Gasteiger partial charge in [-0.05, 0) is 25.7 Å². The molecule has 3 aliphatic heterocycles. The number of hydrogen-bond acceptors (Lipinski definition) is 8. The lowest BCUT2D eigenvalue weighted by molar-refractivity contribution is -0.303. The van der Waals surface area contributed by atoms with Crippen molar-refractivity contribution < 1.29 is 39.1 Å². The number of aliphatic hydroxyl groups excluding tert-OH is 2. The lowest BCUT2D eigenvalue weighted by Crippen LogP contribution is -2.72. The van der Waals surface area contributed by atoms with E-state index in [1.54, 1.807) is 6.92 Å². The number of Topliss-reactive ketones (excluding diaryl/α,β-unsaturated/α-hetero) is 1. The molecule has 3 saturated heterocycles. The van der Waals surface area contributed by atoms with Gasteiger partial charge in [0.2, 0.25) is 0 Å². The maximum atomic E-state index is 13.6. The highest BCUT2D eigenvalue weighted by Gasteiger charge is 2.88. The minimum atomic E-state index is -1.75. The molecule has 0 aromatic rings. The fraction of sp³-hybridized carbons (Fsp3) is 0.800. The third-order valence-electron chi connectivity index (χ3n) is 7.86. The van der Waals surface area contributed by atoms with E-state index in [4.69, 9.17) is 14.2 Å². The zero-order valence-electron chi connectivity index (χ0n) is 16.3. The number of hydrogen-bond donors (Lipinski definition) is 3. The molecular weight excluding hydrogens is 368 g/mol. The van der Waals surface area contributed by atoms with Gasteiger partial charge in [0.05, 0.1) is 30.1 Å². The van der Waals surface area contributed by atoms with Gasteiger partial charge in [0.1, 0.15) is 16.9 Å². The molecule has 8 nitrogen and oxygen atoms in total. The Bertz CT molecular complexity index is 817. The Morgan fingerprint density at radius 2 is 1.89 bits per heavy atom. The summed E-state index contributed by atoms with van der Waals surface area (Å²) in [5.74, 6) is -3.95. The topological polar surface area (TPSA) is 123 Å². The summed E-state index contributed by atoms with van der Waals surface area (Å²) >= 11 is 0. The molecule has 28 heavy (non-hydrogen) atoms. The van der Waals surface area contributed by atoms with Gasteiger partial charge in [-0.2, -0.15) is 0 Å². The first kappa shape index (κ1) is 18.5. The van der Waals surface area contributed by atoms with E-state index in [1.165, 1.54) is 14.0 Å². The van der Waals surface area contributed by atoms with Crippen LogP contribution in [0.3, 0.4) is 0 Å². The Morgan fingerprint density at radius 1 is 1.21 bits per heavy atom. The van der Waals surface area contributed by atoms with Gasteiger partial charge >= 0.3 is 5.97 Å². The number of carbonyl (C=O) groups excluding carboxylic acids is 2. The molecule has 4 bridgehead atoms. The summed E-state index contributed by atoms with van der Waals surface area (Å²) in [7, 11) is 1.44. The van der Waals surface area contributed by atoms with Crippen molar-refractivity contribution >= 4 is 11.8 Å². The largest absolute Gasteiger partial charge is 0.511 e. The Kier molecular flexibility index (Phi) is 3.42. The Hall–Kier alpha value is -1.48. The number of rotatable bonds is 1. The van der Waals surface area contributed by atoms with E-state index in [1.807, 2.05) is 6.92 Å². The minimum Gasteiger partial charge on any atom is -0.511 e. The van der Waals surface area contributed by atoms with Crippen molar-refractivity contribution in [3.8, 4) is 0 Å². The van der Waals surface area contributed by atoms with Gasteiger partial charge in [0, 0.05) is 13.0 Å². The molecular formula is C20H26O8. The molecule has 0 radical (unpaired) electrons. The lowest BCUT2D eigenvalue weighted by Gasteiger charge is -2.58. The molecule has 154 valence electrons. The maximum absolute atomic E-state index is 13.6. The van der Waals surface area contributed by atoms with Crippen LogP contribution in [0, 0.1) is 23.7 Å². The van der Waals surface area contributed by atoms with Crippen LogP contribution in [0.2, 0.25) is 0 Å². The number of ketones is 1. The van der Waals surface area contributed by atoms with Crippen molar-refractivity contribution in [3.05, 3.63) is 11.3 Å². The van der Waals surface area contributed by atoms with Gasteiger partial charge < -0.3 is 29.5 Å². The predicted octanol–water partition coefficient (Wildman–Crippen LogP) is 0.253. The fourth-order valence-corrected chi connectivity index (χ4v) is 6.95. The number of aliphatic hydroxyl groups is 3. The summed E-state index contributed by atoms with van der Waals surface area (Å²) in [6.07, 6.45) is -2.08. The molecule has 6 aliphatic rings. The molecule has 3 heterocycles. The van der Waals surface area contributed by atoms with E-state index in [0.29, 0.717) is 6.42 Å². The number of ether oxygens (including phenoxy) is 3. The second-order valence-corrected chi connectivity index (χ2v) is 9.48. The van der Waals surface area contributed by atoms with Gasteiger partial charge in [-0.3, -0.25) is 4.79 Å². The highest BCUT2D eigenvalue weighted by molar-refractivity contribution is 6.01. The first-order valence-electron chi connectivity index (χ1n) is 9.86. The van der Waals surface area contributed by atoms with E-state index in [2.05, 4.69) is 0 Å². The molecule has 0 amide bonds. The lowest BCUT2D eigenvalue weighted by atomic mass is 9.59. The first-order valence-corrected chi connectivity index (χ1v) is 9.86. The summed E-state index contributed by atoms with van der Waals surface area (Å²) in [5, 5.41) is 33.0. The molecule has 0 aromatic carbocycles. The zero-order valence-corrected chi connectivity index (χ0v) is 16.3. The third kappa shape index (κ3) is 1.69. The average Bonchev–Trinajstić information content (AvgIpc) is 2.94. The van der Waals surface area contributed by atoms with Gasteiger partial charge in [0.25, 0.3) is 0 Å². The van der Waals surface area contributed by atoms with Crippen LogP contribution in [0.25, 0.3) is 0 Å². The van der Waals surface area contributed by atoms with E-state index >= 15 is 0 Å². The summed E-state index contributed by atoms with van der Waals surface area (Å²) < 4.78 is 17.9. The smallest absolute Gasteiger partial charge is 0.341 e. The molecule has 3 aliphatic carbocycles. The van der Waals surface area contributed by atoms with Crippen molar-refractivity contribution in [2.75, 3.05) is 7.11 Å². The minimum absolute atomic E-state index is 0.0396. The molecule has 8 heteroatoms. The van der Waals surface area contributed by atoms with Crippen LogP contribution in [0.1, 0.15) is 33.6 Å². The predicted molar refractivity (Wildman–Crippen MR) is 93.1 cm³/mol. The number of methoxy groups -OCH3 is 1. The number of allylic oxidation sites excluding steroid dienone is 1. The van der Waals surface area contributed by atoms with Crippen LogP contribution >= 0.6 is 0 Å². The third-order valence-corrected chi connectivity index (χ3v) is 7.86. The summed E-state index contributed by atoms with van der Waals surface area (Å²) in [4.78, 5) is 26.6. The summed E-state index contributed by atoms with van der Waals surface area (Å²) in [6, 6.07) is 0. The average molecular weight is 394 g/mol. The second kappa shape index (κ2) is 5.16. The van der Waals surface area contributed by atoms with Gasteiger partial charge in [-0.1, -0.05) is 13.8 Å². The second-order valence-electron chi connectivity index (χ2n) is 9.48. The molecule has 0 aromatic heterocycles. The molecule has 3 N–H and O–H groups in total. The van der Waals surface area contributed by atoms with Crippen LogP contribution in [-0.2, 0) is 23.8 Å². The highest BCUT2D eigenvalue weighted by atomic mass is 16.6. The van der Waals surface area contributed by atoms with Crippen molar-refractivity contribution in [3.63, 3.8) is 0 Å². The van der Waals surface area contributed by atoms with Crippen molar-refractivity contribution in [1.82, 2.24) is 0 Å². The Labute approximate surface area is 162 Å². The number of carbonyl (C=O) groups is 2. The van der Waals surface area contributed by atoms with Gasteiger partial charge in [-0.25, -0.2) is 4.79 Å². The van der Waals surface area contributed by atoms with Gasteiger partial charge in [0.15, 0.2) is 17.0 Å². The SMILES string of the molecule is CO[C@@H]1[C@@H]2[C@@H](O)[C@@H]3O[C@]45/C(=C(\O)[C@H](C)C[C@@](C)(O)C(=O)[C@H]14)C(=O)O[C@]25C[C@H]3C. The van der Waals surface area contributed by atoms with E-state index in [0.717, 1.165) is 0 Å². The standard InChI is InChI=1S/C20H26O8/c1-7-5-18(3,25)16(23)11-15(26-4)9-13(22)14-8(2)6-19(9)20(11,27-14)10(12(7)21)17(24)28-19/h7-9,11,13-15,21-22,25H,5-6H2,1-4H3/b12-10-/t7-,8-,9+,11+,13-,14-,15-,18-,19-,20-/m1/s1. The van der Waals surface area contributed by atoms with Crippen LogP contribution in [0.15, 0.2) is 11.3 Å². The fourth-order valence-electron chi connectivity index (χ4n) is 6.95. The van der Waals surface area contributed by atoms with Gasteiger partial charge in [-0.15, -0.1) is 0 Å². The molecule has 6 rings (SSSR count). The quantitative estimate of drug-likeness (QED) is 0.541. The van der Waals surface area contributed by atoms with E-state index in [-0.39, 0.29) is 23.7 Å². The maximum Gasteiger partial charge on any atom is 0.341 e. The van der Waals surface area contributed by atoms with E-state index in [9.17, 15) is 24.9 Å².